The van der Waals surface area contributed by atoms with Crippen LogP contribution < -0.4 is 5.32 Å². The molecule has 3 nitrogen and oxygen atoms in total. The van der Waals surface area contributed by atoms with Crippen molar-refractivity contribution in [3.63, 3.8) is 0 Å². The summed E-state index contributed by atoms with van der Waals surface area (Å²) < 4.78 is 0. The molecule has 0 amide bonds. The zero-order valence-corrected chi connectivity index (χ0v) is 8.40. The summed E-state index contributed by atoms with van der Waals surface area (Å²) in [7, 11) is 0. The molecule has 1 aliphatic heterocycles. The van der Waals surface area contributed by atoms with Crippen LogP contribution in [0.25, 0.3) is 0 Å². The van der Waals surface area contributed by atoms with Crippen molar-refractivity contribution in [3.05, 3.63) is 0 Å². The van der Waals surface area contributed by atoms with Crippen LogP contribution in [0.4, 0.5) is 0 Å². The van der Waals surface area contributed by atoms with Gasteiger partial charge in [-0.25, -0.2) is 0 Å². The molecule has 1 saturated carbocycles. The van der Waals surface area contributed by atoms with Gasteiger partial charge in [0, 0.05) is 5.75 Å². The first kappa shape index (κ1) is 9.34. The summed E-state index contributed by atoms with van der Waals surface area (Å²) in [6, 6.07) is -0.317. The second kappa shape index (κ2) is 3.50. The van der Waals surface area contributed by atoms with Crippen LogP contribution >= 0.6 is 11.8 Å². The van der Waals surface area contributed by atoms with Gasteiger partial charge in [0.2, 0.25) is 0 Å². The lowest BCUT2D eigenvalue weighted by Crippen LogP contribution is -2.46. The van der Waals surface area contributed by atoms with Crippen LogP contribution in [0.15, 0.2) is 0 Å². The highest BCUT2D eigenvalue weighted by atomic mass is 32.2. The van der Waals surface area contributed by atoms with Crippen molar-refractivity contribution in [2.24, 2.45) is 0 Å². The fourth-order valence-corrected chi connectivity index (χ4v) is 3.70. The van der Waals surface area contributed by atoms with E-state index in [2.05, 4.69) is 5.32 Å². The highest BCUT2D eigenvalue weighted by Gasteiger charge is 2.42. The molecule has 1 spiro atoms. The van der Waals surface area contributed by atoms with Crippen LogP contribution in [0.5, 0.6) is 0 Å². The van der Waals surface area contributed by atoms with E-state index in [1.54, 1.807) is 0 Å². The summed E-state index contributed by atoms with van der Waals surface area (Å²) in [5.74, 6) is 0.0324. The minimum atomic E-state index is -0.699. The van der Waals surface area contributed by atoms with Gasteiger partial charge in [-0.15, -0.1) is 11.8 Å². The molecule has 0 radical (unpaired) electrons. The number of carboxylic acids is 1. The summed E-state index contributed by atoms with van der Waals surface area (Å²) >= 11 is 1.81. The highest BCUT2D eigenvalue weighted by molar-refractivity contribution is 8.00. The lowest BCUT2D eigenvalue weighted by Gasteiger charge is -2.32. The molecule has 2 aliphatic rings. The molecule has 1 heterocycles. The van der Waals surface area contributed by atoms with Gasteiger partial charge in [-0.05, 0) is 12.8 Å². The molecule has 2 fully saturated rings. The van der Waals surface area contributed by atoms with E-state index in [0.29, 0.717) is 0 Å². The molecule has 1 aliphatic carbocycles. The summed E-state index contributed by atoms with van der Waals surface area (Å²) in [4.78, 5) is 10.9. The van der Waals surface area contributed by atoms with Gasteiger partial charge in [0.25, 0.3) is 0 Å². The van der Waals surface area contributed by atoms with Crippen molar-refractivity contribution < 1.29 is 9.90 Å². The lowest BCUT2D eigenvalue weighted by atomic mass is 9.94. The molecular formula is C9H15NO2S. The third kappa shape index (κ3) is 1.83. The Labute approximate surface area is 82.3 Å². The fraction of sp³-hybridized carbons (Fsp3) is 0.889. The summed E-state index contributed by atoms with van der Waals surface area (Å²) in [6.07, 6.45) is 6.07. The maximum atomic E-state index is 10.8. The molecule has 1 saturated heterocycles. The molecule has 0 aromatic heterocycles. The van der Waals surface area contributed by atoms with Crippen LogP contribution in [-0.2, 0) is 4.79 Å². The molecule has 1 atom stereocenters. The first-order valence-electron chi connectivity index (χ1n) is 4.86. The van der Waals surface area contributed by atoms with E-state index in [1.807, 2.05) is 11.8 Å². The minimum Gasteiger partial charge on any atom is -0.480 e. The molecule has 2 rings (SSSR count). The van der Waals surface area contributed by atoms with Crippen molar-refractivity contribution in [2.45, 2.75) is 43.0 Å². The average molecular weight is 201 g/mol. The van der Waals surface area contributed by atoms with Gasteiger partial charge in [-0.2, -0.15) is 0 Å². The Morgan fingerprint density at radius 2 is 2.08 bits per heavy atom. The lowest BCUT2D eigenvalue weighted by molar-refractivity contribution is -0.138. The Morgan fingerprint density at radius 1 is 1.38 bits per heavy atom. The molecule has 0 aromatic rings. The van der Waals surface area contributed by atoms with E-state index in [1.165, 1.54) is 19.3 Å². The molecule has 13 heavy (non-hydrogen) atoms. The van der Waals surface area contributed by atoms with E-state index in [0.717, 1.165) is 18.6 Å². The Bertz CT molecular complexity index is 214. The third-order valence-electron chi connectivity index (χ3n) is 2.92. The van der Waals surface area contributed by atoms with Gasteiger partial charge in [0.15, 0.2) is 0 Å². The Hall–Kier alpha value is -0.220. The highest BCUT2D eigenvalue weighted by Crippen LogP contribution is 2.42. The zero-order chi connectivity index (χ0) is 9.31. The maximum absolute atomic E-state index is 10.8. The number of thioether (sulfide) groups is 1. The first-order valence-corrected chi connectivity index (χ1v) is 5.85. The van der Waals surface area contributed by atoms with Crippen molar-refractivity contribution in [3.8, 4) is 0 Å². The number of aliphatic carboxylic acids is 1. The fourth-order valence-electron chi connectivity index (χ4n) is 2.19. The van der Waals surface area contributed by atoms with Crippen molar-refractivity contribution in [2.75, 3.05) is 5.75 Å². The SMILES string of the molecule is O=C(O)C1CSC2(CCCCC2)N1. The van der Waals surface area contributed by atoms with E-state index >= 15 is 0 Å². The topological polar surface area (TPSA) is 49.3 Å². The monoisotopic (exact) mass is 201 g/mol. The van der Waals surface area contributed by atoms with Crippen LogP contribution in [0, 0.1) is 0 Å². The second-order valence-electron chi connectivity index (χ2n) is 3.90. The number of rotatable bonds is 1. The van der Waals surface area contributed by atoms with Crippen molar-refractivity contribution >= 4 is 17.7 Å². The number of nitrogens with one attached hydrogen (secondary N) is 1. The number of carboxylic acid groups (broad SMARTS) is 1. The molecule has 2 N–H and O–H groups in total. The number of hydrogen-bond acceptors (Lipinski definition) is 3. The molecule has 74 valence electrons. The van der Waals surface area contributed by atoms with Gasteiger partial charge in [0.1, 0.15) is 6.04 Å². The van der Waals surface area contributed by atoms with Crippen molar-refractivity contribution in [1.29, 1.82) is 0 Å². The number of carbonyl (C=O) groups is 1. The summed E-state index contributed by atoms with van der Waals surface area (Å²) in [6.45, 7) is 0. The predicted octanol–water partition coefficient (Wildman–Crippen LogP) is 1.44. The first-order chi connectivity index (χ1) is 6.22. The minimum absolute atomic E-state index is 0.112. The number of hydrogen-bond donors (Lipinski definition) is 2. The Morgan fingerprint density at radius 3 is 2.62 bits per heavy atom. The van der Waals surface area contributed by atoms with E-state index in [-0.39, 0.29) is 10.9 Å². The van der Waals surface area contributed by atoms with E-state index in [4.69, 9.17) is 5.11 Å². The second-order valence-corrected chi connectivity index (χ2v) is 5.30. The van der Waals surface area contributed by atoms with Gasteiger partial charge < -0.3 is 5.11 Å². The van der Waals surface area contributed by atoms with Gasteiger partial charge in [-0.3, -0.25) is 10.1 Å². The van der Waals surface area contributed by atoms with Gasteiger partial charge in [0.05, 0.1) is 4.87 Å². The standard InChI is InChI=1S/C9H15NO2S/c11-8(12)7-6-13-9(10-7)4-2-1-3-5-9/h7,10H,1-6H2,(H,11,12). The summed E-state index contributed by atoms with van der Waals surface area (Å²) in [5, 5.41) is 12.1. The van der Waals surface area contributed by atoms with Crippen molar-refractivity contribution in [1.82, 2.24) is 5.32 Å². The average Bonchev–Trinajstić information content (AvgIpc) is 2.51. The Kier molecular flexibility index (Phi) is 2.51. The van der Waals surface area contributed by atoms with Gasteiger partial charge >= 0.3 is 5.97 Å². The van der Waals surface area contributed by atoms with E-state index < -0.39 is 5.97 Å². The van der Waals surface area contributed by atoms with Crippen LogP contribution in [0.3, 0.4) is 0 Å². The molecule has 0 bridgehead atoms. The predicted molar refractivity (Wildman–Crippen MR) is 52.8 cm³/mol. The summed E-state index contributed by atoms with van der Waals surface area (Å²) in [5.41, 5.74) is 0. The smallest absolute Gasteiger partial charge is 0.321 e. The molecule has 1 unspecified atom stereocenters. The molecule has 0 aromatic carbocycles. The third-order valence-corrected chi connectivity index (χ3v) is 4.50. The van der Waals surface area contributed by atoms with Crippen LogP contribution in [0.2, 0.25) is 0 Å². The molecule has 4 heteroatoms. The Balaban J connectivity index is 1.98. The van der Waals surface area contributed by atoms with Gasteiger partial charge in [-0.1, -0.05) is 19.3 Å². The van der Waals surface area contributed by atoms with Crippen LogP contribution in [-0.4, -0.2) is 27.7 Å². The molecular weight excluding hydrogens is 186 g/mol. The normalized spacial score (nSPS) is 32.2. The zero-order valence-electron chi connectivity index (χ0n) is 7.58. The quantitative estimate of drug-likeness (QED) is 0.674. The van der Waals surface area contributed by atoms with E-state index in [9.17, 15) is 4.79 Å². The largest absolute Gasteiger partial charge is 0.480 e. The van der Waals surface area contributed by atoms with Crippen LogP contribution in [0.1, 0.15) is 32.1 Å². The maximum Gasteiger partial charge on any atom is 0.321 e.